The third-order valence-corrected chi connectivity index (χ3v) is 2.71. The standard InChI is InChI=1S/C15H21NO5/c1-10(2)9-21-12-6-4-11(5-7-12)14(17)16-8-13(20-3)15(18)19/h4-7,10,13H,8-9H2,1-3H3,(H,16,17)(H,18,19). The van der Waals surface area contributed by atoms with E-state index in [0.717, 1.165) is 0 Å². The normalized spacial score (nSPS) is 12.0. The molecule has 1 amide bonds. The lowest BCUT2D eigenvalue weighted by atomic mass is 10.2. The number of amides is 1. The summed E-state index contributed by atoms with van der Waals surface area (Å²) in [5.41, 5.74) is 0.437. The van der Waals surface area contributed by atoms with E-state index in [0.29, 0.717) is 23.8 Å². The Kier molecular flexibility index (Phi) is 6.68. The van der Waals surface area contributed by atoms with Crippen LogP contribution in [0.2, 0.25) is 0 Å². The van der Waals surface area contributed by atoms with Gasteiger partial charge < -0.3 is 19.9 Å². The minimum absolute atomic E-state index is 0.0870. The summed E-state index contributed by atoms with van der Waals surface area (Å²) in [5, 5.41) is 11.3. The molecule has 0 fully saturated rings. The highest BCUT2D eigenvalue weighted by molar-refractivity contribution is 5.94. The van der Waals surface area contributed by atoms with Crippen molar-refractivity contribution in [3.63, 3.8) is 0 Å². The Morgan fingerprint density at radius 3 is 2.33 bits per heavy atom. The molecule has 0 heterocycles. The van der Waals surface area contributed by atoms with Crippen LogP contribution in [0.3, 0.4) is 0 Å². The molecule has 1 aromatic carbocycles. The van der Waals surface area contributed by atoms with Gasteiger partial charge >= 0.3 is 5.97 Å². The van der Waals surface area contributed by atoms with Gasteiger partial charge in [-0.25, -0.2) is 4.79 Å². The Hall–Kier alpha value is -2.08. The van der Waals surface area contributed by atoms with E-state index >= 15 is 0 Å². The van der Waals surface area contributed by atoms with Crippen molar-refractivity contribution in [1.82, 2.24) is 5.32 Å². The quantitative estimate of drug-likeness (QED) is 0.760. The molecule has 0 aromatic heterocycles. The van der Waals surface area contributed by atoms with E-state index in [9.17, 15) is 9.59 Å². The summed E-state index contributed by atoms with van der Waals surface area (Å²) in [5.74, 6) is -0.348. The molecule has 21 heavy (non-hydrogen) atoms. The number of carbonyl (C=O) groups is 2. The molecular weight excluding hydrogens is 274 g/mol. The largest absolute Gasteiger partial charge is 0.493 e. The average molecular weight is 295 g/mol. The number of carboxylic acid groups (broad SMARTS) is 1. The lowest BCUT2D eigenvalue weighted by Crippen LogP contribution is -2.37. The van der Waals surface area contributed by atoms with Gasteiger partial charge in [-0.15, -0.1) is 0 Å². The average Bonchev–Trinajstić information content (AvgIpc) is 2.45. The SMILES string of the molecule is COC(CNC(=O)c1ccc(OCC(C)C)cc1)C(=O)O. The topological polar surface area (TPSA) is 84.9 Å². The van der Waals surface area contributed by atoms with Crippen LogP contribution in [0.5, 0.6) is 5.75 Å². The third kappa shape index (κ3) is 5.83. The molecule has 1 unspecified atom stereocenters. The molecule has 116 valence electrons. The van der Waals surface area contributed by atoms with Crippen LogP contribution in [0.1, 0.15) is 24.2 Å². The second kappa shape index (κ2) is 8.26. The predicted molar refractivity (Wildman–Crippen MR) is 77.5 cm³/mol. The van der Waals surface area contributed by atoms with Crippen LogP contribution in [-0.2, 0) is 9.53 Å². The molecule has 0 saturated carbocycles. The highest BCUT2D eigenvalue weighted by Gasteiger charge is 2.17. The number of ether oxygens (including phenoxy) is 2. The van der Waals surface area contributed by atoms with Crippen LogP contribution < -0.4 is 10.1 Å². The molecule has 1 rings (SSSR count). The van der Waals surface area contributed by atoms with E-state index in [2.05, 4.69) is 19.2 Å². The first-order chi connectivity index (χ1) is 9.93. The second-order valence-corrected chi connectivity index (χ2v) is 5.00. The first-order valence-electron chi connectivity index (χ1n) is 6.70. The maximum atomic E-state index is 11.9. The molecule has 0 aliphatic rings. The Morgan fingerprint density at radius 1 is 1.24 bits per heavy atom. The van der Waals surface area contributed by atoms with Gasteiger partial charge in [0.05, 0.1) is 13.2 Å². The molecule has 2 N–H and O–H groups in total. The van der Waals surface area contributed by atoms with Crippen molar-refractivity contribution in [2.24, 2.45) is 5.92 Å². The fraction of sp³-hybridized carbons (Fsp3) is 0.467. The van der Waals surface area contributed by atoms with E-state index in [4.69, 9.17) is 14.6 Å². The van der Waals surface area contributed by atoms with Crippen LogP contribution in [0, 0.1) is 5.92 Å². The number of carboxylic acids is 1. The fourth-order valence-electron chi connectivity index (χ4n) is 1.52. The molecule has 0 bridgehead atoms. The molecule has 0 aliphatic carbocycles. The summed E-state index contributed by atoms with van der Waals surface area (Å²) in [7, 11) is 1.28. The number of carbonyl (C=O) groups excluding carboxylic acids is 1. The summed E-state index contributed by atoms with van der Waals surface area (Å²) in [6.07, 6.45) is -1.05. The van der Waals surface area contributed by atoms with Crippen LogP contribution in [0.4, 0.5) is 0 Å². The minimum atomic E-state index is -1.12. The monoisotopic (exact) mass is 295 g/mol. The molecule has 6 heteroatoms. The van der Waals surface area contributed by atoms with Gasteiger partial charge in [0.2, 0.25) is 0 Å². The number of aliphatic carboxylic acids is 1. The van der Waals surface area contributed by atoms with Crippen LogP contribution in [0.15, 0.2) is 24.3 Å². The van der Waals surface area contributed by atoms with Crippen LogP contribution in [0.25, 0.3) is 0 Å². The van der Waals surface area contributed by atoms with E-state index < -0.39 is 12.1 Å². The number of methoxy groups -OCH3 is 1. The number of benzene rings is 1. The second-order valence-electron chi connectivity index (χ2n) is 5.00. The Labute approximate surface area is 124 Å². The van der Waals surface area contributed by atoms with Gasteiger partial charge in [-0.05, 0) is 30.2 Å². The van der Waals surface area contributed by atoms with Crippen LogP contribution in [-0.4, -0.2) is 43.3 Å². The van der Waals surface area contributed by atoms with E-state index in [1.54, 1.807) is 24.3 Å². The summed E-state index contributed by atoms with van der Waals surface area (Å²) in [6, 6.07) is 6.69. The number of rotatable bonds is 8. The van der Waals surface area contributed by atoms with Gasteiger partial charge in [0, 0.05) is 12.7 Å². The molecule has 0 spiro atoms. The molecular formula is C15H21NO5. The van der Waals surface area contributed by atoms with Crippen molar-refractivity contribution < 1.29 is 24.2 Å². The number of hydrogen-bond acceptors (Lipinski definition) is 4. The first-order valence-corrected chi connectivity index (χ1v) is 6.70. The lowest BCUT2D eigenvalue weighted by molar-refractivity contribution is -0.148. The molecule has 1 aromatic rings. The smallest absolute Gasteiger partial charge is 0.334 e. The summed E-state index contributed by atoms with van der Waals surface area (Å²) in [6.45, 7) is 4.63. The van der Waals surface area contributed by atoms with Gasteiger partial charge in [0.1, 0.15) is 5.75 Å². The molecule has 6 nitrogen and oxygen atoms in total. The van der Waals surface area contributed by atoms with E-state index in [1.165, 1.54) is 7.11 Å². The van der Waals surface area contributed by atoms with Gasteiger partial charge in [0.15, 0.2) is 6.10 Å². The van der Waals surface area contributed by atoms with Gasteiger partial charge in [-0.1, -0.05) is 13.8 Å². The van der Waals surface area contributed by atoms with Crippen molar-refractivity contribution in [2.75, 3.05) is 20.3 Å². The Balaban J connectivity index is 2.53. The molecule has 0 saturated heterocycles. The van der Waals surface area contributed by atoms with Crippen molar-refractivity contribution in [1.29, 1.82) is 0 Å². The van der Waals surface area contributed by atoms with E-state index in [-0.39, 0.29) is 12.5 Å². The molecule has 0 aliphatic heterocycles. The third-order valence-electron chi connectivity index (χ3n) is 2.71. The van der Waals surface area contributed by atoms with Gasteiger partial charge in [-0.2, -0.15) is 0 Å². The van der Waals surface area contributed by atoms with Crippen molar-refractivity contribution in [3.05, 3.63) is 29.8 Å². The van der Waals surface area contributed by atoms with Gasteiger partial charge in [-0.3, -0.25) is 4.79 Å². The van der Waals surface area contributed by atoms with Crippen LogP contribution >= 0.6 is 0 Å². The lowest BCUT2D eigenvalue weighted by Gasteiger charge is -2.12. The maximum Gasteiger partial charge on any atom is 0.334 e. The summed E-state index contributed by atoms with van der Waals surface area (Å²) >= 11 is 0. The summed E-state index contributed by atoms with van der Waals surface area (Å²) in [4.78, 5) is 22.6. The minimum Gasteiger partial charge on any atom is -0.493 e. The zero-order chi connectivity index (χ0) is 15.8. The zero-order valence-corrected chi connectivity index (χ0v) is 12.5. The highest BCUT2D eigenvalue weighted by atomic mass is 16.5. The first kappa shape index (κ1) is 17.0. The Bertz CT molecular complexity index is 469. The predicted octanol–water partition coefficient (Wildman–Crippen LogP) is 1.55. The van der Waals surface area contributed by atoms with Crippen molar-refractivity contribution in [2.45, 2.75) is 20.0 Å². The highest BCUT2D eigenvalue weighted by Crippen LogP contribution is 2.13. The maximum absolute atomic E-state index is 11.9. The number of nitrogens with one attached hydrogen (secondary N) is 1. The van der Waals surface area contributed by atoms with Crippen molar-refractivity contribution in [3.8, 4) is 5.75 Å². The number of hydrogen-bond donors (Lipinski definition) is 2. The Morgan fingerprint density at radius 2 is 1.86 bits per heavy atom. The zero-order valence-electron chi connectivity index (χ0n) is 12.5. The van der Waals surface area contributed by atoms with Gasteiger partial charge in [0.25, 0.3) is 5.91 Å². The van der Waals surface area contributed by atoms with E-state index in [1.807, 2.05) is 0 Å². The molecule has 0 radical (unpaired) electrons. The fourth-order valence-corrected chi connectivity index (χ4v) is 1.52. The summed E-state index contributed by atoms with van der Waals surface area (Å²) < 4.78 is 10.3. The molecule has 1 atom stereocenters. The van der Waals surface area contributed by atoms with Crippen molar-refractivity contribution >= 4 is 11.9 Å².